The first-order chi connectivity index (χ1) is 6.88. The van der Waals surface area contributed by atoms with Crippen molar-refractivity contribution in [2.75, 3.05) is 0 Å². The number of allylic oxidation sites excluding steroid dienone is 4. The fraction of sp³-hybridized carbons (Fsp3) is 0. The van der Waals surface area contributed by atoms with Crippen molar-refractivity contribution in [2.45, 2.75) is 0 Å². The van der Waals surface area contributed by atoms with Crippen molar-refractivity contribution >= 4 is 5.78 Å². The molecule has 0 aromatic heterocycles. The van der Waals surface area contributed by atoms with E-state index in [0.29, 0.717) is 11.4 Å². The SMILES string of the molecule is O=C(C1=CC=CON1)C1=CC=CON1. The minimum Gasteiger partial charge on any atom is -0.390 e. The van der Waals surface area contributed by atoms with Gasteiger partial charge in [-0.3, -0.25) is 4.79 Å². The van der Waals surface area contributed by atoms with Gasteiger partial charge in [-0.25, -0.2) is 11.0 Å². The molecule has 14 heavy (non-hydrogen) atoms. The third kappa shape index (κ3) is 1.61. The van der Waals surface area contributed by atoms with Gasteiger partial charge in [0, 0.05) is 0 Å². The first-order valence-electron chi connectivity index (χ1n) is 3.99. The van der Waals surface area contributed by atoms with Gasteiger partial charge in [0.25, 0.3) is 0 Å². The Hall–Kier alpha value is -2.17. The van der Waals surface area contributed by atoms with Crippen molar-refractivity contribution in [2.24, 2.45) is 0 Å². The van der Waals surface area contributed by atoms with Crippen molar-refractivity contribution in [1.82, 2.24) is 11.0 Å². The number of ketones is 1. The number of carbonyl (C=O) groups is 1. The average Bonchev–Trinajstić information content (AvgIpc) is 2.30. The molecule has 2 aliphatic rings. The number of nitrogens with one attached hydrogen (secondary N) is 2. The Balaban J connectivity index is 2.14. The summed E-state index contributed by atoms with van der Waals surface area (Å²) in [5.41, 5.74) is 5.66. The molecule has 0 amide bonds. The molecule has 0 saturated carbocycles. The largest absolute Gasteiger partial charge is 0.390 e. The smallest absolute Gasteiger partial charge is 0.231 e. The third-order valence-corrected chi connectivity index (χ3v) is 1.65. The van der Waals surface area contributed by atoms with Gasteiger partial charge in [-0.05, 0) is 24.3 Å². The van der Waals surface area contributed by atoms with E-state index in [4.69, 9.17) is 9.68 Å². The molecule has 0 unspecified atom stereocenters. The summed E-state index contributed by atoms with van der Waals surface area (Å²) in [4.78, 5) is 21.2. The summed E-state index contributed by atoms with van der Waals surface area (Å²) in [6.07, 6.45) is 9.37. The van der Waals surface area contributed by atoms with Gasteiger partial charge in [-0.1, -0.05) is 0 Å². The Bertz CT molecular complexity index is 332. The van der Waals surface area contributed by atoms with Crippen LogP contribution in [0.5, 0.6) is 0 Å². The van der Waals surface area contributed by atoms with E-state index in [2.05, 4.69) is 11.0 Å². The fourth-order valence-corrected chi connectivity index (χ4v) is 1.00. The highest BCUT2D eigenvalue weighted by Gasteiger charge is 2.17. The molecule has 0 aromatic rings. The zero-order valence-electron chi connectivity index (χ0n) is 7.19. The number of rotatable bonds is 2. The summed E-state index contributed by atoms with van der Waals surface area (Å²) in [6.45, 7) is 0. The minimum atomic E-state index is -0.223. The van der Waals surface area contributed by atoms with Crippen LogP contribution in [0.3, 0.4) is 0 Å². The molecule has 2 N–H and O–H groups in total. The zero-order chi connectivity index (χ0) is 9.80. The number of carbonyl (C=O) groups excluding carboxylic acids is 1. The predicted molar refractivity (Wildman–Crippen MR) is 47.9 cm³/mol. The second-order valence-electron chi connectivity index (χ2n) is 2.59. The molecule has 2 rings (SSSR count). The summed E-state index contributed by atoms with van der Waals surface area (Å²) in [5.74, 6) is -0.223. The Morgan fingerprint density at radius 3 is 1.86 bits per heavy atom. The van der Waals surface area contributed by atoms with E-state index < -0.39 is 0 Å². The molecular weight excluding hydrogens is 184 g/mol. The van der Waals surface area contributed by atoms with Crippen molar-refractivity contribution < 1.29 is 14.5 Å². The topological polar surface area (TPSA) is 59.6 Å². The quantitative estimate of drug-likeness (QED) is 0.664. The monoisotopic (exact) mass is 192 g/mol. The molecule has 5 heteroatoms. The first kappa shape index (κ1) is 8.43. The molecule has 72 valence electrons. The van der Waals surface area contributed by atoms with Crippen LogP contribution in [0.15, 0.2) is 48.2 Å². The van der Waals surface area contributed by atoms with Gasteiger partial charge in [-0.2, -0.15) is 0 Å². The summed E-state index contributed by atoms with van der Waals surface area (Å²) in [5, 5.41) is 0. The van der Waals surface area contributed by atoms with Crippen LogP contribution < -0.4 is 11.0 Å². The minimum absolute atomic E-state index is 0.223. The van der Waals surface area contributed by atoms with Crippen LogP contribution in [-0.4, -0.2) is 5.78 Å². The Kier molecular flexibility index (Phi) is 2.22. The van der Waals surface area contributed by atoms with Crippen LogP contribution in [0.1, 0.15) is 0 Å². The Morgan fingerprint density at radius 2 is 1.50 bits per heavy atom. The van der Waals surface area contributed by atoms with E-state index in [1.54, 1.807) is 24.3 Å². The van der Waals surface area contributed by atoms with Gasteiger partial charge in [0.05, 0.1) is 0 Å². The molecular formula is C9H8N2O3. The molecule has 0 saturated heterocycles. The molecule has 0 fully saturated rings. The summed E-state index contributed by atoms with van der Waals surface area (Å²) in [7, 11) is 0. The van der Waals surface area contributed by atoms with Gasteiger partial charge >= 0.3 is 0 Å². The van der Waals surface area contributed by atoms with Crippen molar-refractivity contribution in [1.29, 1.82) is 0 Å². The lowest BCUT2D eigenvalue weighted by Crippen LogP contribution is -2.28. The molecule has 2 aliphatic heterocycles. The molecule has 5 nitrogen and oxygen atoms in total. The highest BCUT2D eigenvalue weighted by atomic mass is 16.6. The van der Waals surface area contributed by atoms with E-state index in [0.717, 1.165) is 0 Å². The molecule has 0 radical (unpaired) electrons. The van der Waals surface area contributed by atoms with Crippen molar-refractivity contribution in [3.63, 3.8) is 0 Å². The van der Waals surface area contributed by atoms with Crippen LogP contribution in [0, 0.1) is 0 Å². The summed E-state index contributed by atoms with van der Waals surface area (Å²) >= 11 is 0. The molecule has 0 atom stereocenters. The van der Waals surface area contributed by atoms with Gasteiger partial charge < -0.3 is 9.68 Å². The second-order valence-corrected chi connectivity index (χ2v) is 2.59. The van der Waals surface area contributed by atoms with Crippen LogP contribution in [-0.2, 0) is 14.5 Å². The standard InChI is InChI=1S/C9H8N2O3/c12-9(7-3-1-5-13-10-7)8-4-2-6-14-11-8/h1-6,10-11H. The van der Waals surface area contributed by atoms with Gasteiger partial charge in [0.1, 0.15) is 23.9 Å². The molecule has 2 heterocycles. The molecule has 0 bridgehead atoms. The lowest BCUT2D eigenvalue weighted by atomic mass is 10.2. The maximum Gasteiger partial charge on any atom is 0.231 e. The van der Waals surface area contributed by atoms with Gasteiger partial charge in [0.15, 0.2) is 0 Å². The van der Waals surface area contributed by atoms with Gasteiger partial charge in [0.2, 0.25) is 5.78 Å². The van der Waals surface area contributed by atoms with Crippen LogP contribution in [0.2, 0.25) is 0 Å². The Morgan fingerprint density at radius 1 is 1.00 bits per heavy atom. The fourth-order valence-electron chi connectivity index (χ4n) is 1.00. The van der Waals surface area contributed by atoms with E-state index in [-0.39, 0.29) is 5.78 Å². The highest BCUT2D eigenvalue weighted by Crippen LogP contribution is 2.07. The van der Waals surface area contributed by atoms with E-state index in [1.165, 1.54) is 12.5 Å². The van der Waals surface area contributed by atoms with Crippen LogP contribution in [0.4, 0.5) is 0 Å². The summed E-state index contributed by atoms with van der Waals surface area (Å²) < 4.78 is 0. The average molecular weight is 192 g/mol. The number of hydrogen-bond donors (Lipinski definition) is 2. The second kappa shape index (κ2) is 3.69. The lowest BCUT2D eigenvalue weighted by molar-refractivity contribution is -0.115. The normalized spacial score (nSPS) is 18.0. The number of hydrogen-bond acceptors (Lipinski definition) is 5. The first-order valence-corrected chi connectivity index (χ1v) is 3.99. The van der Waals surface area contributed by atoms with E-state index in [1.807, 2.05) is 0 Å². The van der Waals surface area contributed by atoms with E-state index in [9.17, 15) is 4.79 Å². The number of Topliss-reactive ketones (excluding diaryl/α,β-unsaturated/α-hetero) is 1. The van der Waals surface area contributed by atoms with E-state index >= 15 is 0 Å². The molecule has 0 aromatic carbocycles. The lowest BCUT2D eigenvalue weighted by Gasteiger charge is -2.14. The predicted octanol–water partition coefficient (Wildman–Crippen LogP) is 0.420. The van der Waals surface area contributed by atoms with Crippen LogP contribution in [0.25, 0.3) is 0 Å². The van der Waals surface area contributed by atoms with Crippen LogP contribution >= 0.6 is 0 Å². The Labute approximate surface area is 80.3 Å². The van der Waals surface area contributed by atoms with Crippen molar-refractivity contribution in [3.05, 3.63) is 48.2 Å². The maximum absolute atomic E-state index is 11.7. The highest BCUT2D eigenvalue weighted by molar-refractivity contribution is 6.07. The van der Waals surface area contributed by atoms with Gasteiger partial charge in [-0.15, -0.1) is 0 Å². The van der Waals surface area contributed by atoms with Crippen molar-refractivity contribution in [3.8, 4) is 0 Å². The molecule has 0 spiro atoms. The number of hydroxylamine groups is 2. The third-order valence-electron chi connectivity index (χ3n) is 1.65. The molecule has 0 aliphatic carbocycles. The zero-order valence-corrected chi connectivity index (χ0v) is 7.19. The maximum atomic E-state index is 11.7. The summed E-state index contributed by atoms with van der Waals surface area (Å²) in [6, 6.07) is 0.